The molecule has 1 saturated heterocycles. The molecule has 3 N–H and O–H groups in total. The Morgan fingerprint density at radius 1 is 1.57 bits per heavy atom. The van der Waals surface area contributed by atoms with Crippen molar-refractivity contribution < 1.29 is 4.79 Å². The molecule has 0 aromatic heterocycles. The quantitative estimate of drug-likeness (QED) is 0.715. The fourth-order valence-electron chi connectivity index (χ4n) is 2.04. The zero-order valence-corrected chi connectivity index (χ0v) is 9.25. The van der Waals surface area contributed by atoms with E-state index >= 15 is 0 Å². The van der Waals surface area contributed by atoms with Crippen LogP contribution in [0.15, 0.2) is 0 Å². The van der Waals surface area contributed by atoms with Crippen LogP contribution in [-0.4, -0.2) is 18.5 Å². The summed E-state index contributed by atoms with van der Waals surface area (Å²) in [7, 11) is 0. The van der Waals surface area contributed by atoms with E-state index in [1.165, 1.54) is 19.3 Å². The van der Waals surface area contributed by atoms with Crippen LogP contribution >= 0.6 is 0 Å². The highest BCUT2D eigenvalue weighted by atomic mass is 16.1. The molecule has 0 spiro atoms. The second-order valence-corrected chi connectivity index (χ2v) is 4.77. The Labute approximate surface area is 86.4 Å². The van der Waals surface area contributed by atoms with Crippen molar-refractivity contribution in [2.45, 2.75) is 45.6 Å². The molecule has 1 amide bonds. The molecule has 2 unspecified atom stereocenters. The Balaban J connectivity index is 2.29. The first-order valence-electron chi connectivity index (χ1n) is 5.62. The summed E-state index contributed by atoms with van der Waals surface area (Å²) in [6, 6.07) is -0.0825. The molecule has 3 heteroatoms. The molecule has 82 valence electrons. The second-order valence-electron chi connectivity index (χ2n) is 4.77. The van der Waals surface area contributed by atoms with Crippen molar-refractivity contribution in [2.75, 3.05) is 6.54 Å². The third-order valence-electron chi connectivity index (χ3n) is 3.01. The summed E-state index contributed by atoms with van der Waals surface area (Å²) in [4.78, 5) is 11.0. The number of piperidine rings is 1. The molecule has 14 heavy (non-hydrogen) atoms. The van der Waals surface area contributed by atoms with Crippen LogP contribution in [0.2, 0.25) is 0 Å². The van der Waals surface area contributed by atoms with Gasteiger partial charge >= 0.3 is 0 Å². The van der Waals surface area contributed by atoms with Gasteiger partial charge in [0.1, 0.15) is 0 Å². The predicted octanol–water partition coefficient (Wildman–Crippen LogP) is 1.28. The van der Waals surface area contributed by atoms with E-state index in [9.17, 15) is 4.79 Å². The van der Waals surface area contributed by atoms with Crippen LogP contribution in [0.4, 0.5) is 0 Å². The van der Waals surface area contributed by atoms with Crippen LogP contribution in [0, 0.1) is 11.8 Å². The highest BCUT2D eigenvalue weighted by molar-refractivity contribution is 5.79. The molecular weight excluding hydrogens is 176 g/mol. The van der Waals surface area contributed by atoms with Gasteiger partial charge in [-0.05, 0) is 31.2 Å². The lowest BCUT2D eigenvalue weighted by Gasteiger charge is -2.28. The zero-order valence-electron chi connectivity index (χ0n) is 9.25. The Hall–Kier alpha value is -0.570. The number of nitrogens with two attached hydrogens (primary N) is 1. The number of amides is 1. The average molecular weight is 198 g/mol. The van der Waals surface area contributed by atoms with Gasteiger partial charge in [-0.2, -0.15) is 0 Å². The third kappa shape index (κ3) is 3.66. The van der Waals surface area contributed by atoms with Crippen molar-refractivity contribution >= 4 is 5.91 Å². The minimum absolute atomic E-state index is 0.0825. The lowest BCUT2D eigenvalue weighted by Crippen LogP contribution is -2.46. The van der Waals surface area contributed by atoms with Gasteiger partial charge in [-0.3, -0.25) is 4.79 Å². The van der Waals surface area contributed by atoms with Crippen molar-refractivity contribution in [3.8, 4) is 0 Å². The molecule has 0 saturated carbocycles. The van der Waals surface area contributed by atoms with Crippen molar-refractivity contribution in [3.63, 3.8) is 0 Å². The van der Waals surface area contributed by atoms with Crippen LogP contribution in [-0.2, 0) is 4.79 Å². The van der Waals surface area contributed by atoms with Gasteiger partial charge in [-0.25, -0.2) is 0 Å². The number of rotatable bonds is 4. The van der Waals surface area contributed by atoms with E-state index in [1.54, 1.807) is 0 Å². The number of hydrogen-bond acceptors (Lipinski definition) is 2. The van der Waals surface area contributed by atoms with Gasteiger partial charge in [0, 0.05) is 0 Å². The average Bonchev–Trinajstić information content (AvgIpc) is 2.15. The normalized spacial score (nSPS) is 27.9. The maximum absolute atomic E-state index is 11.0. The molecular formula is C11H22N2O. The molecule has 0 bridgehead atoms. The minimum atomic E-state index is -0.195. The Kier molecular flexibility index (Phi) is 4.39. The fraction of sp³-hybridized carbons (Fsp3) is 0.909. The van der Waals surface area contributed by atoms with Crippen molar-refractivity contribution in [1.29, 1.82) is 0 Å². The van der Waals surface area contributed by atoms with Gasteiger partial charge in [-0.15, -0.1) is 0 Å². The van der Waals surface area contributed by atoms with Crippen molar-refractivity contribution in [2.24, 2.45) is 17.6 Å². The Bertz CT molecular complexity index is 192. The first kappa shape index (κ1) is 11.5. The molecule has 1 heterocycles. The Morgan fingerprint density at radius 3 is 2.86 bits per heavy atom. The Morgan fingerprint density at radius 2 is 2.29 bits per heavy atom. The smallest absolute Gasteiger partial charge is 0.234 e. The molecule has 1 fully saturated rings. The molecule has 0 aromatic rings. The van der Waals surface area contributed by atoms with E-state index in [-0.39, 0.29) is 11.9 Å². The summed E-state index contributed by atoms with van der Waals surface area (Å²) in [5.41, 5.74) is 5.28. The van der Waals surface area contributed by atoms with Crippen LogP contribution in [0.25, 0.3) is 0 Å². The second kappa shape index (κ2) is 5.35. The summed E-state index contributed by atoms with van der Waals surface area (Å²) in [5.74, 6) is 1.26. The van der Waals surface area contributed by atoms with E-state index in [1.807, 2.05) is 0 Å². The highest BCUT2D eigenvalue weighted by Gasteiger charge is 2.24. The molecule has 1 rings (SSSR count). The molecule has 0 aromatic carbocycles. The van der Waals surface area contributed by atoms with Gasteiger partial charge in [0.2, 0.25) is 5.91 Å². The first-order valence-corrected chi connectivity index (χ1v) is 5.62. The minimum Gasteiger partial charge on any atom is -0.368 e. The van der Waals surface area contributed by atoms with Gasteiger partial charge in [0.25, 0.3) is 0 Å². The van der Waals surface area contributed by atoms with Crippen LogP contribution in [0.5, 0.6) is 0 Å². The maximum Gasteiger partial charge on any atom is 0.234 e. The summed E-state index contributed by atoms with van der Waals surface area (Å²) in [5, 5.41) is 3.16. The van der Waals surface area contributed by atoms with E-state index in [2.05, 4.69) is 19.2 Å². The summed E-state index contributed by atoms with van der Waals surface area (Å²) < 4.78 is 0. The monoisotopic (exact) mass is 198 g/mol. The zero-order chi connectivity index (χ0) is 10.6. The number of primary amides is 1. The highest BCUT2D eigenvalue weighted by Crippen LogP contribution is 2.23. The summed E-state index contributed by atoms with van der Waals surface area (Å²) in [6.07, 6.45) is 4.62. The lowest BCUT2D eigenvalue weighted by atomic mass is 9.86. The third-order valence-corrected chi connectivity index (χ3v) is 3.01. The molecule has 0 aliphatic carbocycles. The topological polar surface area (TPSA) is 55.1 Å². The predicted molar refractivity (Wildman–Crippen MR) is 57.8 cm³/mol. The van der Waals surface area contributed by atoms with Gasteiger partial charge in [-0.1, -0.05) is 26.7 Å². The summed E-state index contributed by atoms with van der Waals surface area (Å²) >= 11 is 0. The SMILES string of the molecule is CC(C)CCC1CCNC(C(N)=O)C1. The standard InChI is InChI=1S/C11H22N2O/c1-8(2)3-4-9-5-6-13-10(7-9)11(12)14/h8-10,13H,3-7H2,1-2H3,(H2,12,14). The van der Waals surface area contributed by atoms with E-state index in [0.29, 0.717) is 5.92 Å². The fourth-order valence-corrected chi connectivity index (χ4v) is 2.04. The molecule has 1 aliphatic rings. The van der Waals surface area contributed by atoms with Gasteiger partial charge in [0.15, 0.2) is 0 Å². The summed E-state index contributed by atoms with van der Waals surface area (Å²) in [6.45, 7) is 5.43. The van der Waals surface area contributed by atoms with Crippen LogP contribution in [0.3, 0.4) is 0 Å². The van der Waals surface area contributed by atoms with Crippen LogP contribution < -0.4 is 11.1 Å². The van der Waals surface area contributed by atoms with Gasteiger partial charge in [0.05, 0.1) is 6.04 Å². The number of carbonyl (C=O) groups excluding carboxylic acids is 1. The number of nitrogens with one attached hydrogen (secondary N) is 1. The van der Waals surface area contributed by atoms with E-state index in [4.69, 9.17) is 5.73 Å². The molecule has 1 aliphatic heterocycles. The van der Waals surface area contributed by atoms with Crippen LogP contribution in [0.1, 0.15) is 39.5 Å². The largest absolute Gasteiger partial charge is 0.368 e. The maximum atomic E-state index is 11.0. The van der Waals surface area contributed by atoms with Gasteiger partial charge < -0.3 is 11.1 Å². The number of carbonyl (C=O) groups is 1. The molecule has 2 atom stereocenters. The molecule has 3 nitrogen and oxygen atoms in total. The van der Waals surface area contributed by atoms with E-state index < -0.39 is 0 Å². The van der Waals surface area contributed by atoms with E-state index in [0.717, 1.165) is 18.9 Å². The lowest BCUT2D eigenvalue weighted by molar-refractivity contribution is -0.120. The van der Waals surface area contributed by atoms with Crippen molar-refractivity contribution in [3.05, 3.63) is 0 Å². The van der Waals surface area contributed by atoms with Crippen molar-refractivity contribution in [1.82, 2.24) is 5.32 Å². The molecule has 0 radical (unpaired) electrons. The number of hydrogen-bond donors (Lipinski definition) is 2. The first-order chi connectivity index (χ1) is 6.59.